The van der Waals surface area contributed by atoms with E-state index in [2.05, 4.69) is 20.3 Å². The molecule has 0 saturated heterocycles. The number of rotatable bonds is 11. The van der Waals surface area contributed by atoms with Gasteiger partial charge in [0.2, 0.25) is 10.0 Å². The summed E-state index contributed by atoms with van der Waals surface area (Å²) in [5.74, 6) is 1.45. The highest BCUT2D eigenvalue weighted by molar-refractivity contribution is 7.89. The van der Waals surface area contributed by atoms with Crippen LogP contribution in [0.5, 0.6) is 0 Å². The number of benzene rings is 1. The summed E-state index contributed by atoms with van der Waals surface area (Å²) in [4.78, 5) is 4.38. The van der Waals surface area contributed by atoms with Gasteiger partial charge in [-0.1, -0.05) is 18.2 Å². The zero-order valence-electron chi connectivity index (χ0n) is 14.7. The molecule has 140 valence electrons. The average Bonchev–Trinajstić information content (AvgIpc) is 3.44. The minimum absolute atomic E-state index is 0.267. The highest BCUT2D eigenvalue weighted by atomic mass is 32.2. The van der Waals surface area contributed by atoms with E-state index in [4.69, 9.17) is 4.74 Å². The first kappa shape index (κ1) is 19.7. The van der Waals surface area contributed by atoms with Crippen molar-refractivity contribution in [1.82, 2.24) is 15.4 Å². The van der Waals surface area contributed by atoms with Crippen LogP contribution in [0.15, 0.2) is 40.2 Å². The number of hydrogen-bond acceptors (Lipinski definition) is 4. The van der Waals surface area contributed by atoms with Crippen molar-refractivity contribution in [2.24, 2.45) is 10.9 Å². The van der Waals surface area contributed by atoms with Crippen molar-refractivity contribution in [3.63, 3.8) is 0 Å². The highest BCUT2D eigenvalue weighted by Crippen LogP contribution is 2.28. The highest BCUT2D eigenvalue weighted by Gasteiger charge is 2.20. The van der Waals surface area contributed by atoms with E-state index in [0.29, 0.717) is 12.5 Å². The molecule has 1 aliphatic rings. The molecule has 0 heterocycles. The molecule has 1 aliphatic carbocycles. The van der Waals surface area contributed by atoms with Gasteiger partial charge in [0.05, 0.1) is 4.90 Å². The van der Waals surface area contributed by atoms with Crippen LogP contribution in [0.1, 0.15) is 19.3 Å². The lowest BCUT2D eigenvalue weighted by atomic mass is 10.4. The molecule has 2 rings (SSSR count). The van der Waals surface area contributed by atoms with Gasteiger partial charge in [-0.05, 0) is 37.3 Å². The zero-order chi connectivity index (χ0) is 18.0. The Morgan fingerprint density at radius 1 is 1.16 bits per heavy atom. The molecule has 0 unspecified atom stereocenters. The number of ether oxygens (including phenoxy) is 1. The Hall–Kier alpha value is -1.64. The predicted molar refractivity (Wildman–Crippen MR) is 99.2 cm³/mol. The third-order valence-electron chi connectivity index (χ3n) is 3.80. The molecule has 0 spiro atoms. The third-order valence-corrected chi connectivity index (χ3v) is 5.27. The number of hydrogen-bond donors (Lipinski definition) is 3. The van der Waals surface area contributed by atoms with Gasteiger partial charge in [0.1, 0.15) is 0 Å². The van der Waals surface area contributed by atoms with Crippen molar-refractivity contribution in [2.45, 2.75) is 24.2 Å². The molecule has 0 aliphatic heterocycles. The average molecular weight is 369 g/mol. The molecular weight excluding hydrogens is 340 g/mol. The lowest BCUT2D eigenvalue weighted by molar-refractivity contribution is 0.123. The summed E-state index contributed by atoms with van der Waals surface area (Å²) in [5.41, 5.74) is 0. The van der Waals surface area contributed by atoms with Gasteiger partial charge in [-0.15, -0.1) is 0 Å². The van der Waals surface area contributed by atoms with Gasteiger partial charge >= 0.3 is 0 Å². The van der Waals surface area contributed by atoms with Crippen LogP contribution >= 0.6 is 0 Å². The Balaban J connectivity index is 1.55. The molecule has 1 fully saturated rings. The summed E-state index contributed by atoms with van der Waals surface area (Å²) >= 11 is 0. The molecule has 0 amide bonds. The number of nitrogens with zero attached hydrogens (tertiary/aromatic N) is 1. The maximum atomic E-state index is 12.1. The van der Waals surface area contributed by atoms with Gasteiger partial charge in [0.15, 0.2) is 5.96 Å². The van der Waals surface area contributed by atoms with Crippen LogP contribution in [0.4, 0.5) is 0 Å². The van der Waals surface area contributed by atoms with E-state index in [9.17, 15) is 8.42 Å². The Morgan fingerprint density at radius 3 is 2.56 bits per heavy atom. The summed E-state index contributed by atoms with van der Waals surface area (Å²) in [6.07, 6.45) is 3.53. The van der Waals surface area contributed by atoms with Crippen molar-refractivity contribution in [2.75, 3.05) is 39.9 Å². The van der Waals surface area contributed by atoms with Crippen molar-refractivity contribution < 1.29 is 13.2 Å². The molecule has 0 atom stereocenters. The van der Waals surface area contributed by atoms with Gasteiger partial charge in [-0.3, -0.25) is 4.99 Å². The lowest BCUT2D eigenvalue weighted by Gasteiger charge is -2.12. The van der Waals surface area contributed by atoms with Gasteiger partial charge in [-0.2, -0.15) is 0 Å². The summed E-state index contributed by atoms with van der Waals surface area (Å²) < 4.78 is 32.3. The fraction of sp³-hybridized carbons (Fsp3) is 0.588. The minimum atomic E-state index is -3.46. The smallest absolute Gasteiger partial charge is 0.240 e. The second-order valence-electron chi connectivity index (χ2n) is 6.01. The summed E-state index contributed by atoms with van der Waals surface area (Å²) in [6.45, 7) is 3.12. The largest absolute Gasteiger partial charge is 0.381 e. The summed E-state index contributed by atoms with van der Waals surface area (Å²) in [6, 6.07) is 8.33. The molecule has 1 aromatic carbocycles. The molecule has 0 radical (unpaired) electrons. The van der Waals surface area contributed by atoms with Crippen LogP contribution in [0.3, 0.4) is 0 Å². The van der Waals surface area contributed by atoms with Crippen LogP contribution in [0.25, 0.3) is 0 Å². The monoisotopic (exact) mass is 368 g/mol. The summed E-state index contributed by atoms with van der Waals surface area (Å²) in [7, 11) is -1.77. The maximum Gasteiger partial charge on any atom is 0.240 e. The van der Waals surface area contributed by atoms with Gasteiger partial charge in [-0.25, -0.2) is 13.1 Å². The first-order valence-corrected chi connectivity index (χ1v) is 10.2. The zero-order valence-corrected chi connectivity index (χ0v) is 15.5. The second-order valence-corrected chi connectivity index (χ2v) is 7.78. The molecule has 1 aromatic rings. The molecule has 7 nitrogen and oxygen atoms in total. The van der Waals surface area contributed by atoms with E-state index >= 15 is 0 Å². The van der Waals surface area contributed by atoms with E-state index in [1.165, 1.54) is 12.8 Å². The Labute approximate surface area is 150 Å². The van der Waals surface area contributed by atoms with Gasteiger partial charge in [0.25, 0.3) is 0 Å². The van der Waals surface area contributed by atoms with Crippen molar-refractivity contribution in [1.29, 1.82) is 0 Å². The number of nitrogens with one attached hydrogen (secondary N) is 3. The van der Waals surface area contributed by atoms with Crippen LogP contribution < -0.4 is 15.4 Å². The first-order chi connectivity index (χ1) is 12.1. The van der Waals surface area contributed by atoms with E-state index in [1.54, 1.807) is 37.4 Å². The SMILES string of the molecule is CN=C(NCCCOCC1CC1)NCCNS(=O)(=O)c1ccccc1. The van der Waals surface area contributed by atoms with E-state index in [0.717, 1.165) is 32.1 Å². The van der Waals surface area contributed by atoms with E-state index < -0.39 is 10.0 Å². The van der Waals surface area contributed by atoms with E-state index in [1.807, 2.05) is 0 Å². The quantitative estimate of drug-likeness (QED) is 0.307. The van der Waals surface area contributed by atoms with Crippen molar-refractivity contribution >= 4 is 16.0 Å². The summed E-state index contributed by atoms with van der Waals surface area (Å²) in [5, 5.41) is 6.27. The lowest BCUT2D eigenvalue weighted by Crippen LogP contribution is -2.41. The standard InChI is InChI=1S/C17H28N4O3S/c1-18-17(19-10-5-13-24-14-15-8-9-15)20-11-12-21-25(22,23)16-6-3-2-4-7-16/h2-4,6-7,15,21H,5,8-14H2,1H3,(H2,18,19,20). The Bertz CT molecular complexity index is 631. The number of aliphatic imine (C=N–C) groups is 1. The van der Waals surface area contributed by atoms with Crippen LogP contribution in [-0.2, 0) is 14.8 Å². The predicted octanol–water partition coefficient (Wildman–Crippen LogP) is 0.947. The van der Waals surface area contributed by atoms with Crippen LogP contribution in [-0.4, -0.2) is 54.3 Å². The fourth-order valence-corrected chi connectivity index (χ4v) is 3.24. The van der Waals surface area contributed by atoms with Crippen molar-refractivity contribution in [3.8, 4) is 0 Å². The molecule has 3 N–H and O–H groups in total. The molecule has 25 heavy (non-hydrogen) atoms. The number of sulfonamides is 1. The van der Waals surface area contributed by atoms with E-state index in [-0.39, 0.29) is 11.4 Å². The number of guanidine groups is 1. The Morgan fingerprint density at radius 2 is 1.88 bits per heavy atom. The maximum absolute atomic E-state index is 12.1. The van der Waals surface area contributed by atoms with Gasteiger partial charge < -0.3 is 15.4 Å². The minimum Gasteiger partial charge on any atom is -0.381 e. The fourth-order valence-electron chi connectivity index (χ4n) is 2.19. The second kappa shape index (κ2) is 10.4. The normalized spacial score (nSPS) is 15.2. The molecule has 0 bridgehead atoms. The Kier molecular flexibility index (Phi) is 8.17. The van der Waals surface area contributed by atoms with Crippen LogP contribution in [0.2, 0.25) is 0 Å². The first-order valence-electron chi connectivity index (χ1n) is 8.69. The van der Waals surface area contributed by atoms with Crippen molar-refractivity contribution in [3.05, 3.63) is 30.3 Å². The van der Waals surface area contributed by atoms with Gasteiger partial charge in [0, 0.05) is 39.9 Å². The third kappa shape index (κ3) is 7.85. The molecule has 1 saturated carbocycles. The molecule has 0 aromatic heterocycles. The topological polar surface area (TPSA) is 91.8 Å². The molecular formula is C17H28N4O3S. The molecule has 8 heteroatoms. The van der Waals surface area contributed by atoms with Crippen LogP contribution in [0, 0.1) is 5.92 Å².